The Hall–Kier alpha value is -3.32. The Morgan fingerprint density at radius 2 is 1.72 bits per heavy atom. The number of anilines is 2. The third-order valence-corrected chi connectivity index (χ3v) is 6.22. The van der Waals surface area contributed by atoms with Gasteiger partial charge in [-0.15, -0.1) is 0 Å². The first kappa shape index (κ1) is 19.0. The van der Waals surface area contributed by atoms with Gasteiger partial charge >= 0.3 is 0 Å². The summed E-state index contributed by atoms with van der Waals surface area (Å²) in [6.45, 7) is 0. The first-order valence-electron chi connectivity index (χ1n) is 9.15. The Morgan fingerprint density at radius 3 is 2.48 bits per heavy atom. The summed E-state index contributed by atoms with van der Waals surface area (Å²) in [4.78, 5) is 11.7. The van der Waals surface area contributed by atoms with Gasteiger partial charge in [0.15, 0.2) is 0 Å². The number of carbonyl (C=O) groups excluding carboxylic acids is 1. The van der Waals surface area contributed by atoms with Crippen molar-refractivity contribution in [3.63, 3.8) is 0 Å². The van der Waals surface area contributed by atoms with E-state index in [2.05, 4.69) is 10.0 Å². The Balaban J connectivity index is 1.66. The lowest BCUT2D eigenvalue weighted by Gasteiger charge is -2.18. The minimum atomic E-state index is -3.79. The normalized spacial score (nSPS) is 13.3. The number of carbonyl (C=O) groups is 1. The molecule has 0 saturated carbocycles. The van der Waals surface area contributed by atoms with E-state index in [4.69, 9.17) is 4.74 Å². The first-order chi connectivity index (χ1) is 14.0. The van der Waals surface area contributed by atoms with Crippen molar-refractivity contribution in [1.29, 1.82) is 0 Å². The highest BCUT2D eigenvalue weighted by molar-refractivity contribution is 7.92. The predicted molar refractivity (Wildman–Crippen MR) is 113 cm³/mol. The fourth-order valence-electron chi connectivity index (χ4n) is 3.33. The molecule has 6 nitrogen and oxygen atoms in total. The molecule has 29 heavy (non-hydrogen) atoms. The number of aryl methyl sites for hydroxylation is 1. The lowest BCUT2D eigenvalue weighted by atomic mass is 10.0. The Kier molecular flexibility index (Phi) is 4.98. The quantitative estimate of drug-likeness (QED) is 0.667. The van der Waals surface area contributed by atoms with Crippen molar-refractivity contribution in [2.45, 2.75) is 17.7 Å². The van der Waals surface area contributed by atoms with Crippen LogP contribution in [0, 0.1) is 0 Å². The van der Waals surface area contributed by atoms with Gasteiger partial charge in [0.2, 0.25) is 5.91 Å². The number of ether oxygens (including phenoxy) is 1. The van der Waals surface area contributed by atoms with Crippen molar-refractivity contribution in [1.82, 2.24) is 0 Å². The highest BCUT2D eigenvalue weighted by Crippen LogP contribution is 2.32. The molecular formula is C22H20N2O4S. The average Bonchev–Trinajstić information content (AvgIpc) is 2.73. The molecule has 0 atom stereocenters. The van der Waals surface area contributed by atoms with Gasteiger partial charge in [0.25, 0.3) is 10.0 Å². The zero-order valence-electron chi connectivity index (χ0n) is 15.8. The molecule has 0 unspecified atom stereocenters. The number of amides is 1. The van der Waals surface area contributed by atoms with Gasteiger partial charge < -0.3 is 10.1 Å². The van der Waals surface area contributed by atoms with Crippen LogP contribution in [0.4, 0.5) is 11.4 Å². The van der Waals surface area contributed by atoms with Crippen LogP contribution in [0.2, 0.25) is 0 Å². The Labute approximate surface area is 169 Å². The molecule has 3 aromatic rings. The second kappa shape index (κ2) is 7.60. The van der Waals surface area contributed by atoms with Gasteiger partial charge in [0, 0.05) is 17.7 Å². The maximum atomic E-state index is 13.0. The molecule has 0 radical (unpaired) electrons. The summed E-state index contributed by atoms with van der Waals surface area (Å²) in [6.07, 6.45) is 0.872. The molecule has 1 aliphatic heterocycles. The molecule has 3 aromatic carbocycles. The number of benzene rings is 3. The zero-order valence-corrected chi connectivity index (χ0v) is 16.6. The van der Waals surface area contributed by atoms with E-state index in [1.807, 2.05) is 36.4 Å². The van der Waals surface area contributed by atoms with Crippen LogP contribution in [0.15, 0.2) is 71.6 Å². The predicted octanol–water partition coefficient (Wildman–Crippen LogP) is 4.05. The maximum absolute atomic E-state index is 13.0. The van der Waals surface area contributed by atoms with E-state index in [0.717, 1.165) is 22.4 Å². The van der Waals surface area contributed by atoms with Crippen molar-refractivity contribution in [2.75, 3.05) is 17.1 Å². The van der Waals surface area contributed by atoms with E-state index < -0.39 is 10.0 Å². The lowest BCUT2D eigenvalue weighted by molar-refractivity contribution is -0.116. The van der Waals surface area contributed by atoms with Crippen LogP contribution in [-0.4, -0.2) is 21.4 Å². The van der Waals surface area contributed by atoms with E-state index in [1.165, 1.54) is 6.07 Å². The topological polar surface area (TPSA) is 84.5 Å². The molecule has 1 amide bonds. The first-order valence-corrected chi connectivity index (χ1v) is 10.6. The van der Waals surface area contributed by atoms with E-state index >= 15 is 0 Å². The highest BCUT2D eigenvalue weighted by Gasteiger charge is 2.21. The summed E-state index contributed by atoms with van der Waals surface area (Å²) >= 11 is 0. The molecule has 0 saturated heterocycles. The van der Waals surface area contributed by atoms with Crippen LogP contribution in [0.3, 0.4) is 0 Å². The van der Waals surface area contributed by atoms with Gasteiger partial charge in [-0.1, -0.05) is 30.3 Å². The van der Waals surface area contributed by atoms with Gasteiger partial charge in [-0.2, -0.15) is 0 Å². The Morgan fingerprint density at radius 1 is 0.966 bits per heavy atom. The smallest absolute Gasteiger partial charge is 0.261 e. The van der Waals surface area contributed by atoms with Gasteiger partial charge in [-0.05, 0) is 53.9 Å². The van der Waals surface area contributed by atoms with E-state index in [0.29, 0.717) is 24.2 Å². The van der Waals surface area contributed by atoms with Crippen LogP contribution < -0.4 is 14.8 Å². The van der Waals surface area contributed by atoms with E-state index in [1.54, 1.807) is 31.4 Å². The van der Waals surface area contributed by atoms with Crippen LogP contribution in [0.25, 0.3) is 11.1 Å². The fraction of sp³-hybridized carbons (Fsp3) is 0.136. The SMILES string of the molecule is COc1ccc(-c2ccccc2NS(=O)(=O)c2ccc3c(c2)CCC(=O)N3)cc1. The lowest BCUT2D eigenvalue weighted by Crippen LogP contribution is -2.20. The monoisotopic (exact) mass is 408 g/mol. The van der Waals surface area contributed by atoms with Crippen molar-refractivity contribution < 1.29 is 17.9 Å². The second-order valence-corrected chi connectivity index (χ2v) is 8.43. The molecule has 7 heteroatoms. The van der Waals surface area contributed by atoms with Gasteiger partial charge in [0.1, 0.15) is 5.75 Å². The summed E-state index contributed by atoms with van der Waals surface area (Å²) in [7, 11) is -2.19. The molecular weight excluding hydrogens is 388 g/mol. The van der Waals surface area contributed by atoms with Crippen LogP contribution >= 0.6 is 0 Å². The van der Waals surface area contributed by atoms with Gasteiger partial charge in [-0.25, -0.2) is 8.42 Å². The van der Waals surface area contributed by atoms with Crippen LogP contribution in [0.1, 0.15) is 12.0 Å². The molecule has 0 aromatic heterocycles. The summed E-state index contributed by atoms with van der Waals surface area (Å²) in [5.41, 5.74) is 3.61. The number of sulfonamides is 1. The molecule has 0 fully saturated rings. The zero-order chi connectivity index (χ0) is 20.4. The second-order valence-electron chi connectivity index (χ2n) is 6.75. The number of hydrogen-bond donors (Lipinski definition) is 2. The number of fused-ring (bicyclic) bond motifs is 1. The average molecular weight is 408 g/mol. The molecule has 1 heterocycles. The van der Waals surface area contributed by atoms with Crippen molar-refractivity contribution in [3.8, 4) is 16.9 Å². The number of rotatable bonds is 5. The number of para-hydroxylation sites is 1. The molecule has 2 N–H and O–H groups in total. The third kappa shape index (κ3) is 3.95. The molecule has 0 aliphatic carbocycles. The summed E-state index contributed by atoms with van der Waals surface area (Å²) in [5, 5.41) is 2.76. The van der Waals surface area contributed by atoms with E-state index in [9.17, 15) is 13.2 Å². The molecule has 1 aliphatic rings. The number of hydrogen-bond acceptors (Lipinski definition) is 4. The van der Waals surface area contributed by atoms with Crippen molar-refractivity contribution >= 4 is 27.3 Å². The molecule has 0 spiro atoms. The largest absolute Gasteiger partial charge is 0.497 e. The molecule has 148 valence electrons. The third-order valence-electron chi connectivity index (χ3n) is 4.85. The molecule has 0 bridgehead atoms. The summed E-state index contributed by atoms with van der Waals surface area (Å²) < 4.78 is 33.9. The fourth-order valence-corrected chi connectivity index (χ4v) is 4.46. The highest BCUT2D eigenvalue weighted by atomic mass is 32.2. The van der Waals surface area contributed by atoms with Crippen LogP contribution in [-0.2, 0) is 21.2 Å². The standard InChI is InChI=1S/C22H20N2O4S/c1-28-17-9-6-15(7-10-17)19-4-2-3-5-21(19)24-29(26,27)18-11-12-20-16(14-18)8-13-22(25)23-20/h2-7,9-12,14,24H,8,13H2,1H3,(H,23,25). The van der Waals surface area contributed by atoms with Crippen molar-refractivity contribution in [3.05, 3.63) is 72.3 Å². The van der Waals surface area contributed by atoms with Gasteiger partial charge in [-0.3, -0.25) is 9.52 Å². The van der Waals surface area contributed by atoms with Crippen LogP contribution in [0.5, 0.6) is 5.75 Å². The van der Waals surface area contributed by atoms with Gasteiger partial charge in [0.05, 0.1) is 17.7 Å². The van der Waals surface area contributed by atoms with Crippen molar-refractivity contribution in [2.24, 2.45) is 0 Å². The number of methoxy groups -OCH3 is 1. The maximum Gasteiger partial charge on any atom is 0.261 e. The minimum Gasteiger partial charge on any atom is -0.497 e. The summed E-state index contributed by atoms with van der Waals surface area (Å²) in [5.74, 6) is 0.674. The number of nitrogens with one attached hydrogen (secondary N) is 2. The summed E-state index contributed by atoms with van der Waals surface area (Å²) in [6, 6.07) is 19.4. The molecule has 4 rings (SSSR count). The minimum absolute atomic E-state index is 0.0559. The Bertz CT molecular complexity index is 1170. The van der Waals surface area contributed by atoms with E-state index in [-0.39, 0.29) is 10.8 Å².